The largest absolute Gasteiger partial charge is 0.353 e. The second-order valence-electron chi connectivity index (χ2n) is 5.31. The molecule has 1 aliphatic rings. The summed E-state index contributed by atoms with van der Waals surface area (Å²) in [6.45, 7) is 2.13. The maximum Gasteiger partial charge on any atom is 0.251 e. The molecule has 0 heterocycles. The highest BCUT2D eigenvalue weighted by atomic mass is 16.2. The first-order chi connectivity index (χ1) is 9.58. The van der Waals surface area contributed by atoms with Crippen LogP contribution in [0.2, 0.25) is 0 Å². The highest BCUT2D eigenvalue weighted by Gasteiger charge is 2.28. The Kier molecular flexibility index (Phi) is 4.74. The van der Waals surface area contributed by atoms with E-state index in [0.29, 0.717) is 18.0 Å². The van der Waals surface area contributed by atoms with Gasteiger partial charge in [0.2, 0.25) is 5.91 Å². The van der Waals surface area contributed by atoms with Crippen molar-refractivity contribution in [1.29, 1.82) is 0 Å². The van der Waals surface area contributed by atoms with E-state index < -0.39 is 6.04 Å². The average molecular weight is 275 g/mol. The molecule has 0 radical (unpaired) electrons. The summed E-state index contributed by atoms with van der Waals surface area (Å²) in [7, 11) is 0. The molecule has 5 nitrogen and oxygen atoms in total. The molecule has 2 amide bonds. The zero-order valence-electron chi connectivity index (χ0n) is 11.6. The topological polar surface area (TPSA) is 84.2 Å². The summed E-state index contributed by atoms with van der Waals surface area (Å²) in [5, 5.41) is 5.45. The lowest BCUT2D eigenvalue weighted by molar-refractivity contribution is -0.122. The van der Waals surface area contributed by atoms with Crippen molar-refractivity contribution in [3.8, 4) is 0 Å². The summed E-state index contributed by atoms with van der Waals surface area (Å²) in [5.74, 6) is 0.0923. The molecule has 1 aromatic carbocycles. The molecule has 0 saturated heterocycles. The van der Waals surface area contributed by atoms with Crippen LogP contribution in [0.15, 0.2) is 30.3 Å². The number of hydrogen-bond acceptors (Lipinski definition) is 3. The predicted octanol–water partition coefficient (Wildman–Crippen LogP) is 0.658. The Morgan fingerprint density at radius 2 is 1.95 bits per heavy atom. The third kappa shape index (κ3) is 4.06. The number of nitrogens with two attached hydrogens (primary N) is 1. The summed E-state index contributed by atoms with van der Waals surface area (Å²) >= 11 is 0. The summed E-state index contributed by atoms with van der Waals surface area (Å²) in [5.41, 5.74) is 6.46. The number of carbonyl (C=O) groups is 2. The smallest absolute Gasteiger partial charge is 0.251 e. The van der Waals surface area contributed by atoms with Crippen molar-refractivity contribution in [1.82, 2.24) is 10.6 Å². The molecule has 1 fully saturated rings. The van der Waals surface area contributed by atoms with Crippen LogP contribution >= 0.6 is 0 Å². The van der Waals surface area contributed by atoms with Gasteiger partial charge < -0.3 is 16.4 Å². The van der Waals surface area contributed by atoms with Gasteiger partial charge in [-0.3, -0.25) is 9.59 Å². The standard InChI is InChI=1S/C15H21N3O2/c1-10(14(19)17-9-13(16)11-7-8-11)18-15(20)12-5-3-2-4-6-12/h2-6,10-11,13H,7-9,16H2,1H3,(H,17,19)(H,18,20). The van der Waals surface area contributed by atoms with E-state index in [9.17, 15) is 9.59 Å². The van der Waals surface area contributed by atoms with Crippen molar-refractivity contribution >= 4 is 11.8 Å². The molecule has 2 rings (SSSR count). The highest BCUT2D eigenvalue weighted by Crippen LogP contribution is 2.31. The van der Waals surface area contributed by atoms with E-state index in [1.54, 1.807) is 31.2 Å². The number of amides is 2. The number of carbonyl (C=O) groups excluding carboxylic acids is 2. The minimum atomic E-state index is -0.575. The lowest BCUT2D eigenvalue weighted by Crippen LogP contribution is -2.48. The summed E-state index contributed by atoms with van der Waals surface area (Å²) in [4.78, 5) is 23.8. The van der Waals surface area contributed by atoms with Gasteiger partial charge in [-0.1, -0.05) is 18.2 Å². The zero-order chi connectivity index (χ0) is 14.5. The van der Waals surface area contributed by atoms with Crippen molar-refractivity contribution in [3.63, 3.8) is 0 Å². The van der Waals surface area contributed by atoms with E-state index in [1.165, 1.54) is 0 Å². The zero-order valence-corrected chi connectivity index (χ0v) is 11.6. The van der Waals surface area contributed by atoms with Gasteiger partial charge in [0.1, 0.15) is 6.04 Å². The number of benzene rings is 1. The van der Waals surface area contributed by atoms with Gasteiger partial charge in [-0.2, -0.15) is 0 Å². The lowest BCUT2D eigenvalue weighted by Gasteiger charge is -2.16. The van der Waals surface area contributed by atoms with E-state index in [4.69, 9.17) is 5.73 Å². The molecular formula is C15H21N3O2. The third-order valence-electron chi connectivity index (χ3n) is 3.52. The van der Waals surface area contributed by atoms with Crippen molar-refractivity contribution in [3.05, 3.63) is 35.9 Å². The fourth-order valence-electron chi connectivity index (χ4n) is 2.00. The summed E-state index contributed by atoms with van der Waals surface area (Å²) in [6, 6.07) is 8.28. The number of rotatable bonds is 6. The second kappa shape index (κ2) is 6.52. The normalized spacial score (nSPS) is 17.1. The highest BCUT2D eigenvalue weighted by molar-refractivity contribution is 5.97. The SMILES string of the molecule is CC(NC(=O)c1ccccc1)C(=O)NCC(N)C1CC1. The average Bonchev–Trinajstić information content (AvgIpc) is 3.29. The Morgan fingerprint density at radius 1 is 1.30 bits per heavy atom. The van der Waals surface area contributed by atoms with Crippen LogP contribution in [0.25, 0.3) is 0 Å². The fourth-order valence-corrected chi connectivity index (χ4v) is 2.00. The van der Waals surface area contributed by atoms with Gasteiger partial charge in [0.25, 0.3) is 5.91 Å². The Labute approximate surface area is 118 Å². The molecule has 2 unspecified atom stereocenters. The van der Waals surface area contributed by atoms with E-state index in [2.05, 4.69) is 10.6 Å². The predicted molar refractivity (Wildman–Crippen MR) is 77.1 cm³/mol. The maximum atomic E-state index is 11.9. The van der Waals surface area contributed by atoms with E-state index >= 15 is 0 Å². The molecule has 0 bridgehead atoms. The molecule has 0 spiro atoms. The van der Waals surface area contributed by atoms with Crippen LogP contribution in [0.4, 0.5) is 0 Å². The summed E-state index contributed by atoms with van der Waals surface area (Å²) in [6.07, 6.45) is 2.30. The number of hydrogen-bond donors (Lipinski definition) is 3. The Bertz CT molecular complexity index is 471. The van der Waals surface area contributed by atoms with Gasteiger partial charge in [0.15, 0.2) is 0 Å². The van der Waals surface area contributed by atoms with Gasteiger partial charge in [-0.15, -0.1) is 0 Å². The van der Waals surface area contributed by atoms with Crippen molar-refractivity contribution in [2.24, 2.45) is 11.7 Å². The van der Waals surface area contributed by atoms with Gasteiger partial charge in [0.05, 0.1) is 0 Å². The fraction of sp³-hybridized carbons (Fsp3) is 0.467. The van der Waals surface area contributed by atoms with Crippen LogP contribution in [0.5, 0.6) is 0 Å². The van der Waals surface area contributed by atoms with Crippen molar-refractivity contribution < 1.29 is 9.59 Å². The van der Waals surface area contributed by atoms with Crippen molar-refractivity contribution in [2.45, 2.75) is 31.8 Å². The molecule has 20 heavy (non-hydrogen) atoms. The maximum absolute atomic E-state index is 11.9. The Morgan fingerprint density at radius 3 is 2.55 bits per heavy atom. The van der Waals surface area contributed by atoms with Gasteiger partial charge in [-0.05, 0) is 37.8 Å². The second-order valence-corrected chi connectivity index (χ2v) is 5.31. The van der Waals surface area contributed by atoms with Crippen LogP contribution in [-0.4, -0.2) is 30.4 Å². The molecule has 1 saturated carbocycles. The van der Waals surface area contributed by atoms with Gasteiger partial charge in [0, 0.05) is 18.2 Å². The van der Waals surface area contributed by atoms with Crippen molar-refractivity contribution in [2.75, 3.05) is 6.54 Å². The molecule has 1 aliphatic carbocycles. The van der Waals surface area contributed by atoms with Crippen LogP contribution in [-0.2, 0) is 4.79 Å². The monoisotopic (exact) mass is 275 g/mol. The van der Waals surface area contributed by atoms with Crippen LogP contribution in [0.1, 0.15) is 30.1 Å². The van der Waals surface area contributed by atoms with Gasteiger partial charge >= 0.3 is 0 Å². The van der Waals surface area contributed by atoms with Gasteiger partial charge in [-0.25, -0.2) is 0 Å². The van der Waals surface area contributed by atoms with E-state index in [-0.39, 0.29) is 17.9 Å². The minimum Gasteiger partial charge on any atom is -0.353 e. The van der Waals surface area contributed by atoms with Crippen LogP contribution in [0.3, 0.4) is 0 Å². The first-order valence-corrected chi connectivity index (χ1v) is 6.97. The molecule has 108 valence electrons. The summed E-state index contributed by atoms with van der Waals surface area (Å²) < 4.78 is 0. The van der Waals surface area contributed by atoms with E-state index in [1.807, 2.05) is 6.07 Å². The molecule has 0 aromatic heterocycles. The molecule has 2 atom stereocenters. The molecule has 1 aromatic rings. The quantitative estimate of drug-likeness (QED) is 0.713. The Balaban J connectivity index is 1.77. The molecule has 5 heteroatoms. The first-order valence-electron chi connectivity index (χ1n) is 6.97. The molecule has 0 aliphatic heterocycles. The molecular weight excluding hydrogens is 254 g/mol. The Hall–Kier alpha value is -1.88. The number of nitrogens with one attached hydrogen (secondary N) is 2. The first kappa shape index (κ1) is 14.5. The lowest BCUT2D eigenvalue weighted by atomic mass is 10.2. The minimum absolute atomic E-state index is 0.0241. The van der Waals surface area contributed by atoms with Crippen LogP contribution in [0, 0.1) is 5.92 Å². The molecule has 4 N–H and O–H groups in total. The van der Waals surface area contributed by atoms with Crippen LogP contribution < -0.4 is 16.4 Å². The third-order valence-corrected chi connectivity index (χ3v) is 3.52. The van der Waals surface area contributed by atoms with E-state index in [0.717, 1.165) is 12.8 Å².